The minimum absolute atomic E-state index is 0.197. The van der Waals surface area contributed by atoms with Crippen molar-refractivity contribution < 1.29 is 4.79 Å². The van der Waals surface area contributed by atoms with Crippen molar-refractivity contribution >= 4 is 16.8 Å². The van der Waals surface area contributed by atoms with Gasteiger partial charge in [0, 0.05) is 11.1 Å². The van der Waals surface area contributed by atoms with Gasteiger partial charge in [-0.2, -0.15) is 0 Å². The number of carbonyl (C=O) groups is 1. The minimum atomic E-state index is -0.517. The largest absolute Gasteiger partial charge is 0.366 e. The molecular weight excluding hydrogens is 290 g/mol. The van der Waals surface area contributed by atoms with E-state index in [4.69, 9.17) is 5.73 Å². The quantitative estimate of drug-likeness (QED) is 0.779. The number of nitrogens with one attached hydrogen (secondary N) is 1. The molecule has 5 heteroatoms. The van der Waals surface area contributed by atoms with Gasteiger partial charge in [0.15, 0.2) is 0 Å². The molecule has 1 aromatic heterocycles. The van der Waals surface area contributed by atoms with Gasteiger partial charge in [-0.1, -0.05) is 32.0 Å². The van der Waals surface area contributed by atoms with Gasteiger partial charge in [0.25, 0.3) is 5.56 Å². The second-order valence-corrected chi connectivity index (χ2v) is 5.79. The molecule has 3 aromatic rings. The summed E-state index contributed by atoms with van der Waals surface area (Å²) in [5.74, 6) is 0.241. The van der Waals surface area contributed by atoms with Crippen molar-refractivity contribution in [3.8, 4) is 11.4 Å². The van der Waals surface area contributed by atoms with Gasteiger partial charge >= 0.3 is 0 Å². The van der Waals surface area contributed by atoms with E-state index in [0.717, 1.165) is 5.56 Å². The Morgan fingerprint density at radius 1 is 1.17 bits per heavy atom. The molecule has 5 nitrogen and oxygen atoms in total. The molecule has 0 radical (unpaired) electrons. The SMILES string of the molecule is CC(C)c1ccc2nc(-c3cccc(C(N)=O)c3)[nH]c(=O)c2c1. The highest BCUT2D eigenvalue weighted by atomic mass is 16.1. The highest BCUT2D eigenvalue weighted by molar-refractivity contribution is 5.94. The Morgan fingerprint density at radius 2 is 1.96 bits per heavy atom. The average Bonchev–Trinajstić information content (AvgIpc) is 2.54. The van der Waals surface area contributed by atoms with Crippen molar-refractivity contribution in [2.45, 2.75) is 19.8 Å². The average molecular weight is 307 g/mol. The van der Waals surface area contributed by atoms with E-state index >= 15 is 0 Å². The fourth-order valence-electron chi connectivity index (χ4n) is 2.47. The normalized spacial score (nSPS) is 11.1. The van der Waals surface area contributed by atoms with E-state index in [2.05, 4.69) is 23.8 Å². The summed E-state index contributed by atoms with van der Waals surface area (Å²) in [6, 6.07) is 12.4. The molecule has 0 aliphatic rings. The number of nitrogens with two attached hydrogens (primary N) is 1. The predicted molar refractivity (Wildman–Crippen MR) is 90.4 cm³/mol. The molecule has 0 bridgehead atoms. The Labute approximate surface area is 133 Å². The number of hydrogen-bond donors (Lipinski definition) is 2. The number of amides is 1. The molecule has 0 aliphatic carbocycles. The molecule has 0 atom stereocenters. The van der Waals surface area contributed by atoms with E-state index in [-0.39, 0.29) is 5.56 Å². The summed E-state index contributed by atoms with van der Waals surface area (Å²) in [4.78, 5) is 31.0. The third kappa shape index (κ3) is 2.85. The molecule has 0 unspecified atom stereocenters. The van der Waals surface area contributed by atoms with Crippen molar-refractivity contribution in [3.63, 3.8) is 0 Å². The van der Waals surface area contributed by atoms with Gasteiger partial charge in [-0.25, -0.2) is 4.98 Å². The topological polar surface area (TPSA) is 88.8 Å². The Hall–Kier alpha value is -2.95. The summed E-state index contributed by atoms with van der Waals surface area (Å²) in [6.45, 7) is 4.15. The first-order valence-corrected chi connectivity index (χ1v) is 7.40. The molecule has 23 heavy (non-hydrogen) atoms. The third-order valence-corrected chi connectivity index (χ3v) is 3.82. The zero-order chi connectivity index (χ0) is 16.6. The van der Waals surface area contributed by atoms with Crippen molar-refractivity contribution in [1.82, 2.24) is 9.97 Å². The zero-order valence-corrected chi connectivity index (χ0v) is 13.0. The van der Waals surface area contributed by atoms with Crippen LogP contribution in [0.5, 0.6) is 0 Å². The van der Waals surface area contributed by atoms with Crippen LogP contribution >= 0.6 is 0 Å². The first-order valence-electron chi connectivity index (χ1n) is 7.40. The molecule has 0 saturated carbocycles. The number of primary amides is 1. The molecule has 1 amide bonds. The number of hydrogen-bond acceptors (Lipinski definition) is 3. The van der Waals surface area contributed by atoms with E-state index in [0.29, 0.717) is 33.8 Å². The van der Waals surface area contributed by atoms with Gasteiger partial charge in [0.1, 0.15) is 5.82 Å². The fourth-order valence-corrected chi connectivity index (χ4v) is 2.47. The molecule has 3 rings (SSSR count). The number of aromatic nitrogens is 2. The summed E-state index contributed by atoms with van der Waals surface area (Å²) in [5.41, 5.74) is 7.83. The molecule has 3 N–H and O–H groups in total. The molecular formula is C18H17N3O2. The van der Waals surface area contributed by atoms with Crippen LogP contribution in [-0.4, -0.2) is 15.9 Å². The summed E-state index contributed by atoms with van der Waals surface area (Å²) < 4.78 is 0. The molecule has 0 spiro atoms. The van der Waals surface area contributed by atoms with E-state index in [9.17, 15) is 9.59 Å². The molecule has 116 valence electrons. The second-order valence-electron chi connectivity index (χ2n) is 5.79. The van der Waals surface area contributed by atoms with E-state index in [1.165, 1.54) is 0 Å². The van der Waals surface area contributed by atoms with E-state index < -0.39 is 5.91 Å². The zero-order valence-electron chi connectivity index (χ0n) is 13.0. The molecule has 0 saturated heterocycles. The van der Waals surface area contributed by atoms with Crippen LogP contribution in [0.4, 0.5) is 0 Å². The number of nitrogens with zero attached hydrogens (tertiary/aromatic N) is 1. The summed E-state index contributed by atoms with van der Waals surface area (Å²) in [6.07, 6.45) is 0. The second kappa shape index (κ2) is 5.68. The minimum Gasteiger partial charge on any atom is -0.366 e. The maximum Gasteiger partial charge on any atom is 0.259 e. The summed E-state index contributed by atoms with van der Waals surface area (Å²) in [7, 11) is 0. The number of H-pyrrole nitrogens is 1. The lowest BCUT2D eigenvalue weighted by atomic mass is 10.0. The Morgan fingerprint density at radius 3 is 2.65 bits per heavy atom. The lowest BCUT2D eigenvalue weighted by Crippen LogP contribution is -2.12. The van der Waals surface area contributed by atoms with Gasteiger partial charge in [0.2, 0.25) is 5.91 Å². The van der Waals surface area contributed by atoms with Crippen LogP contribution in [-0.2, 0) is 0 Å². The molecule has 2 aromatic carbocycles. The lowest BCUT2D eigenvalue weighted by Gasteiger charge is -2.08. The van der Waals surface area contributed by atoms with Gasteiger partial charge in [-0.3, -0.25) is 9.59 Å². The van der Waals surface area contributed by atoms with Crippen LogP contribution in [0.3, 0.4) is 0 Å². The van der Waals surface area contributed by atoms with Gasteiger partial charge in [-0.05, 0) is 35.7 Å². The number of fused-ring (bicyclic) bond motifs is 1. The molecule has 0 fully saturated rings. The number of carbonyl (C=O) groups excluding carboxylic acids is 1. The highest BCUT2D eigenvalue weighted by Gasteiger charge is 2.09. The van der Waals surface area contributed by atoms with Crippen LogP contribution in [0.2, 0.25) is 0 Å². The molecule has 1 heterocycles. The van der Waals surface area contributed by atoms with Crippen LogP contribution in [0.25, 0.3) is 22.3 Å². The van der Waals surface area contributed by atoms with Crippen molar-refractivity contribution in [3.05, 3.63) is 63.9 Å². The molecule has 0 aliphatic heterocycles. The van der Waals surface area contributed by atoms with Crippen LogP contribution in [0, 0.1) is 0 Å². The smallest absolute Gasteiger partial charge is 0.259 e. The monoisotopic (exact) mass is 307 g/mol. The van der Waals surface area contributed by atoms with Crippen LogP contribution in [0.15, 0.2) is 47.3 Å². The van der Waals surface area contributed by atoms with Gasteiger partial charge in [0.05, 0.1) is 10.9 Å². The summed E-state index contributed by atoms with van der Waals surface area (Å²) >= 11 is 0. The van der Waals surface area contributed by atoms with Crippen molar-refractivity contribution in [2.24, 2.45) is 5.73 Å². The van der Waals surface area contributed by atoms with E-state index in [1.807, 2.05) is 18.2 Å². The highest BCUT2D eigenvalue weighted by Crippen LogP contribution is 2.21. The lowest BCUT2D eigenvalue weighted by molar-refractivity contribution is 0.100. The van der Waals surface area contributed by atoms with Gasteiger partial charge in [-0.15, -0.1) is 0 Å². The maximum atomic E-state index is 12.4. The fraction of sp³-hybridized carbons (Fsp3) is 0.167. The van der Waals surface area contributed by atoms with Crippen molar-refractivity contribution in [2.75, 3.05) is 0 Å². The first-order chi connectivity index (χ1) is 11.0. The van der Waals surface area contributed by atoms with Crippen LogP contribution in [0.1, 0.15) is 35.7 Å². The first kappa shape index (κ1) is 15.0. The Bertz CT molecular complexity index is 958. The van der Waals surface area contributed by atoms with Crippen molar-refractivity contribution in [1.29, 1.82) is 0 Å². The van der Waals surface area contributed by atoms with Gasteiger partial charge < -0.3 is 10.7 Å². The number of benzene rings is 2. The predicted octanol–water partition coefficient (Wildman–Crippen LogP) is 2.81. The number of rotatable bonds is 3. The van der Waals surface area contributed by atoms with Crippen LogP contribution < -0.4 is 11.3 Å². The third-order valence-electron chi connectivity index (χ3n) is 3.82. The standard InChI is InChI=1S/C18H17N3O2/c1-10(2)11-6-7-15-14(9-11)18(23)21-17(20-15)13-5-3-4-12(8-13)16(19)22/h3-10H,1-2H3,(H2,19,22)(H,20,21,23). The Kier molecular flexibility index (Phi) is 3.70. The number of aromatic amines is 1. The summed E-state index contributed by atoms with van der Waals surface area (Å²) in [5, 5.41) is 0.561. The maximum absolute atomic E-state index is 12.4. The Balaban J connectivity index is 2.17. The van der Waals surface area contributed by atoms with E-state index in [1.54, 1.807) is 24.3 Å².